The summed E-state index contributed by atoms with van der Waals surface area (Å²) < 4.78 is 17.3. The van der Waals surface area contributed by atoms with Crippen molar-refractivity contribution in [3.05, 3.63) is 35.9 Å². The molecule has 3 aliphatic rings. The molecule has 2 amide bonds. The molecular formula is C25H37N3O6. The number of fused-ring (bicyclic) bond motifs is 1. The zero-order chi connectivity index (χ0) is 23.8. The van der Waals surface area contributed by atoms with Crippen molar-refractivity contribution in [2.75, 3.05) is 59.2 Å². The number of carbonyl (C=O) groups excluding carboxylic acids is 2. The summed E-state index contributed by atoms with van der Waals surface area (Å²) in [4.78, 5) is 29.8. The molecule has 9 heteroatoms. The fourth-order valence-corrected chi connectivity index (χ4v) is 4.96. The van der Waals surface area contributed by atoms with Gasteiger partial charge in [-0.05, 0) is 37.9 Å². The van der Waals surface area contributed by atoms with Crippen LogP contribution in [0.4, 0.5) is 0 Å². The van der Waals surface area contributed by atoms with Crippen molar-refractivity contribution in [3.63, 3.8) is 0 Å². The predicted octanol–water partition coefficient (Wildman–Crippen LogP) is 0.665. The first kappa shape index (κ1) is 25.1. The number of ether oxygens (including phenoxy) is 3. The van der Waals surface area contributed by atoms with Gasteiger partial charge in [-0.15, -0.1) is 0 Å². The van der Waals surface area contributed by atoms with Gasteiger partial charge in [0.05, 0.1) is 51.1 Å². The molecule has 34 heavy (non-hydrogen) atoms. The SMILES string of the molecule is O=C(C[C@H]1CC[C@H]2[C@@H](COC[C@@H](O)CN2C(=O)c2ccccc2)O1)NCCCN1CCOCC1. The molecular weight excluding hydrogens is 438 g/mol. The minimum atomic E-state index is -0.741. The quantitative estimate of drug-likeness (QED) is 0.559. The predicted molar refractivity (Wildman–Crippen MR) is 125 cm³/mol. The Morgan fingerprint density at radius 3 is 2.65 bits per heavy atom. The van der Waals surface area contributed by atoms with Crippen LogP contribution in [0.2, 0.25) is 0 Å². The Kier molecular flexibility index (Phi) is 9.29. The van der Waals surface area contributed by atoms with E-state index >= 15 is 0 Å². The molecule has 1 aromatic carbocycles. The summed E-state index contributed by atoms with van der Waals surface area (Å²) in [7, 11) is 0. The van der Waals surface area contributed by atoms with E-state index in [-0.39, 0.29) is 49.8 Å². The highest BCUT2D eigenvalue weighted by molar-refractivity contribution is 5.94. The maximum atomic E-state index is 13.2. The van der Waals surface area contributed by atoms with Crippen molar-refractivity contribution in [1.82, 2.24) is 15.1 Å². The van der Waals surface area contributed by atoms with E-state index in [1.807, 2.05) is 18.2 Å². The van der Waals surface area contributed by atoms with Crippen LogP contribution in [-0.2, 0) is 19.0 Å². The van der Waals surface area contributed by atoms with Crippen molar-refractivity contribution >= 4 is 11.8 Å². The van der Waals surface area contributed by atoms with Crippen molar-refractivity contribution in [1.29, 1.82) is 0 Å². The molecule has 188 valence electrons. The first-order valence-electron chi connectivity index (χ1n) is 12.4. The number of carbonyl (C=O) groups is 2. The second-order valence-electron chi connectivity index (χ2n) is 9.32. The summed E-state index contributed by atoms with van der Waals surface area (Å²) in [6.07, 6.45) is 1.32. The van der Waals surface area contributed by atoms with Crippen LogP contribution >= 0.6 is 0 Å². The number of nitrogens with one attached hydrogen (secondary N) is 1. The molecule has 0 radical (unpaired) electrons. The number of hydrogen-bond acceptors (Lipinski definition) is 7. The van der Waals surface area contributed by atoms with E-state index in [1.54, 1.807) is 17.0 Å². The van der Waals surface area contributed by atoms with Crippen molar-refractivity contribution < 1.29 is 28.9 Å². The summed E-state index contributed by atoms with van der Waals surface area (Å²) in [5.74, 6) is -0.124. The van der Waals surface area contributed by atoms with E-state index in [2.05, 4.69) is 10.2 Å². The molecule has 9 nitrogen and oxygen atoms in total. The van der Waals surface area contributed by atoms with Gasteiger partial charge in [0.1, 0.15) is 6.10 Å². The Bertz CT molecular complexity index is 788. The van der Waals surface area contributed by atoms with Crippen LogP contribution in [0.5, 0.6) is 0 Å². The van der Waals surface area contributed by atoms with E-state index in [9.17, 15) is 14.7 Å². The lowest BCUT2D eigenvalue weighted by Crippen LogP contribution is -2.57. The first-order chi connectivity index (χ1) is 16.6. The summed E-state index contributed by atoms with van der Waals surface area (Å²) in [6, 6.07) is 8.92. The second kappa shape index (κ2) is 12.6. The number of benzene rings is 1. The second-order valence-corrected chi connectivity index (χ2v) is 9.32. The average Bonchev–Trinajstić information content (AvgIpc) is 2.85. The standard InChI is InChI=1S/C25H37N3O6/c29-20-16-28(25(31)19-5-2-1-3-6-19)22-8-7-21(34-23(22)18-33-17-20)15-24(30)26-9-4-10-27-11-13-32-14-12-27/h1-3,5-6,20-23,29H,4,7-18H2,(H,26,30)/t20-,21+,22-,23+/m0/s1. The van der Waals surface area contributed by atoms with Gasteiger partial charge < -0.3 is 29.5 Å². The molecule has 3 saturated heterocycles. The van der Waals surface area contributed by atoms with Crippen molar-refractivity contribution in [3.8, 4) is 0 Å². The first-order valence-corrected chi connectivity index (χ1v) is 12.4. The van der Waals surface area contributed by atoms with Gasteiger partial charge in [0.25, 0.3) is 5.91 Å². The summed E-state index contributed by atoms with van der Waals surface area (Å²) in [5, 5.41) is 13.3. The fourth-order valence-electron chi connectivity index (χ4n) is 4.96. The third-order valence-electron chi connectivity index (χ3n) is 6.75. The van der Waals surface area contributed by atoms with Gasteiger partial charge in [-0.25, -0.2) is 0 Å². The van der Waals surface area contributed by atoms with Crippen LogP contribution in [0.3, 0.4) is 0 Å². The minimum Gasteiger partial charge on any atom is -0.389 e. The molecule has 0 bridgehead atoms. The molecule has 1 aromatic rings. The zero-order valence-corrected chi connectivity index (χ0v) is 19.8. The Hall–Kier alpha value is -2.04. The lowest BCUT2D eigenvalue weighted by atomic mass is 9.94. The third-order valence-corrected chi connectivity index (χ3v) is 6.75. The molecule has 0 unspecified atom stereocenters. The average molecular weight is 476 g/mol. The molecule has 3 heterocycles. The number of morpholine rings is 1. The summed E-state index contributed by atoms with van der Waals surface area (Å²) in [5.41, 5.74) is 0.591. The van der Waals surface area contributed by atoms with Gasteiger partial charge in [0.2, 0.25) is 5.91 Å². The van der Waals surface area contributed by atoms with Crippen LogP contribution in [0, 0.1) is 0 Å². The lowest BCUT2D eigenvalue weighted by Gasteiger charge is -2.44. The molecule has 0 aliphatic carbocycles. The third kappa shape index (κ3) is 6.99. The number of rotatable bonds is 7. The zero-order valence-electron chi connectivity index (χ0n) is 19.8. The maximum absolute atomic E-state index is 13.2. The largest absolute Gasteiger partial charge is 0.389 e. The Morgan fingerprint density at radius 2 is 1.85 bits per heavy atom. The van der Waals surface area contributed by atoms with E-state index in [1.165, 1.54) is 0 Å². The van der Waals surface area contributed by atoms with E-state index < -0.39 is 6.10 Å². The Morgan fingerprint density at radius 1 is 1.06 bits per heavy atom. The molecule has 4 rings (SSSR count). The minimum absolute atomic E-state index is 0.00942. The van der Waals surface area contributed by atoms with Crippen molar-refractivity contribution in [2.24, 2.45) is 0 Å². The van der Waals surface area contributed by atoms with Gasteiger partial charge in [-0.3, -0.25) is 14.5 Å². The highest BCUT2D eigenvalue weighted by Crippen LogP contribution is 2.28. The van der Waals surface area contributed by atoms with Crippen LogP contribution < -0.4 is 5.32 Å². The smallest absolute Gasteiger partial charge is 0.254 e. The topological polar surface area (TPSA) is 101 Å². The van der Waals surface area contributed by atoms with Crippen LogP contribution in [0.15, 0.2) is 30.3 Å². The maximum Gasteiger partial charge on any atom is 0.254 e. The van der Waals surface area contributed by atoms with E-state index in [4.69, 9.17) is 14.2 Å². The molecule has 0 saturated carbocycles. The van der Waals surface area contributed by atoms with Crippen LogP contribution in [0.1, 0.15) is 36.0 Å². The lowest BCUT2D eigenvalue weighted by molar-refractivity contribution is -0.150. The monoisotopic (exact) mass is 475 g/mol. The Labute approximate surface area is 201 Å². The molecule has 0 spiro atoms. The fraction of sp³-hybridized carbons (Fsp3) is 0.680. The van der Waals surface area contributed by atoms with Gasteiger partial charge in [0, 0.05) is 31.7 Å². The van der Waals surface area contributed by atoms with Gasteiger partial charge in [0.15, 0.2) is 0 Å². The number of hydrogen-bond donors (Lipinski definition) is 2. The molecule has 3 fully saturated rings. The van der Waals surface area contributed by atoms with E-state index in [0.29, 0.717) is 31.4 Å². The van der Waals surface area contributed by atoms with Gasteiger partial charge in [-0.1, -0.05) is 18.2 Å². The number of β-amino-alcohol motifs (C(OH)–C–C–N with tert-alkyl or cyclic N) is 1. The number of aliphatic hydroxyl groups is 1. The summed E-state index contributed by atoms with van der Waals surface area (Å²) >= 11 is 0. The highest BCUT2D eigenvalue weighted by Gasteiger charge is 2.40. The summed E-state index contributed by atoms with van der Waals surface area (Å²) in [6.45, 7) is 5.72. The highest BCUT2D eigenvalue weighted by atomic mass is 16.5. The van der Waals surface area contributed by atoms with Gasteiger partial charge in [-0.2, -0.15) is 0 Å². The number of nitrogens with zero attached hydrogens (tertiary/aromatic N) is 2. The molecule has 2 N–H and O–H groups in total. The molecule has 4 atom stereocenters. The normalized spacial score (nSPS) is 28.4. The van der Waals surface area contributed by atoms with Gasteiger partial charge >= 0.3 is 0 Å². The molecule has 3 aliphatic heterocycles. The number of aliphatic hydroxyl groups excluding tert-OH is 1. The van der Waals surface area contributed by atoms with Crippen LogP contribution in [-0.4, -0.2) is 110 Å². The molecule has 0 aromatic heterocycles. The number of amides is 2. The van der Waals surface area contributed by atoms with E-state index in [0.717, 1.165) is 39.3 Å². The van der Waals surface area contributed by atoms with Crippen LogP contribution in [0.25, 0.3) is 0 Å². The Balaban J connectivity index is 1.27. The van der Waals surface area contributed by atoms with Crippen molar-refractivity contribution in [2.45, 2.75) is 50.0 Å².